The monoisotopic (exact) mass is 421 g/mol. The Kier molecular flexibility index (Phi) is 4.83. The molecule has 1 aliphatic carbocycles. The highest BCUT2D eigenvalue weighted by atomic mass is 16.5. The lowest BCUT2D eigenvalue weighted by molar-refractivity contribution is -0.132. The topological polar surface area (TPSA) is 98.9 Å². The highest BCUT2D eigenvalue weighted by Gasteiger charge is 2.50. The molecule has 3 aromatic rings. The van der Waals surface area contributed by atoms with Gasteiger partial charge in [-0.3, -0.25) is 4.79 Å². The van der Waals surface area contributed by atoms with E-state index in [1.165, 1.54) is 6.33 Å². The first-order valence-corrected chi connectivity index (χ1v) is 10.9. The van der Waals surface area contributed by atoms with Crippen LogP contribution < -0.4 is 4.74 Å². The van der Waals surface area contributed by atoms with Crippen molar-refractivity contribution in [3.63, 3.8) is 0 Å². The summed E-state index contributed by atoms with van der Waals surface area (Å²) in [6.45, 7) is 10.2. The first-order valence-electron chi connectivity index (χ1n) is 10.9. The predicted octanol–water partition coefficient (Wildman–Crippen LogP) is 2.49. The van der Waals surface area contributed by atoms with E-state index in [9.17, 15) is 4.79 Å². The Morgan fingerprint density at radius 3 is 2.58 bits per heavy atom. The molecule has 0 spiro atoms. The van der Waals surface area contributed by atoms with Gasteiger partial charge in [0.1, 0.15) is 24.1 Å². The number of hydrogen-bond acceptors (Lipinski definition) is 7. The van der Waals surface area contributed by atoms with Gasteiger partial charge in [-0.25, -0.2) is 19.9 Å². The van der Waals surface area contributed by atoms with Gasteiger partial charge in [0, 0.05) is 37.8 Å². The Morgan fingerprint density at radius 2 is 1.90 bits per heavy atom. The van der Waals surface area contributed by atoms with Gasteiger partial charge in [-0.1, -0.05) is 13.8 Å². The third kappa shape index (κ3) is 3.41. The number of aryl methyl sites for hydroxylation is 2. The van der Waals surface area contributed by atoms with E-state index in [1.807, 2.05) is 23.3 Å². The zero-order valence-electron chi connectivity index (χ0n) is 18.3. The standard InChI is InChI=1S/C22H27N7O2/c1-5-29-19(15-8-23-14(4)24-9-15)27-18-20(29)25-11-26-21(18)31-16-6-7-28(10-16)22(30)17-12(2)13(17)3/h8-9,11-13,16-17H,5-7,10H2,1-4H3/t12-,13-,16?/m0/s1. The number of nitrogens with zero attached hydrogens (tertiary/aromatic N) is 7. The second-order valence-electron chi connectivity index (χ2n) is 8.61. The Hall–Kier alpha value is -3.10. The molecule has 5 rings (SSSR count). The minimum Gasteiger partial charge on any atom is -0.471 e. The van der Waals surface area contributed by atoms with E-state index in [4.69, 9.17) is 9.72 Å². The summed E-state index contributed by atoms with van der Waals surface area (Å²) in [5, 5.41) is 0. The molecule has 162 valence electrons. The Morgan fingerprint density at radius 1 is 1.16 bits per heavy atom. The van der Waals surface area contributed by atoms with Crippen LogP contribution in [0.25, 0.3) is 22.6 Å². The van der Waals surface area contributed by atoms with E-state index < -0.39 is 0 Å². The molecule has 4 heterocycles. The van der Waals surface area contributed by atoms with Crippen molar-refractivity contribution in [1.29, 1.82) is 0 Å². The van der Waals surface area contributed by atoms with Crippen LogP contribution in [0, 0.1) is 24.7 Å². The van der Waals surface area contributed by atoms with E-state index >= 15 is 0 Å². The predicted molar refractivity (Wildman–Crippen MR) is 114 cm³/mol. The molecule has 3 atom stereocenters. The van der Waals surface area contributed by atoms with Crippen LogP contribution in [0.1, 0.15) is 33.0 Å². The summed E-state index contributed by atoms with van der Waals surface area (Å²) >= 11 is 0. The average molecular weight is 422 g/mol. The zero-order valence-corrected chi connectivity index (χ0v) is 18.3. The van der Waals surface area contributed by atoms with E-state index in [2.05, 4.69) is 33.8 Å². The van der Waals surface area contributed by atoms with E-state index in [0.29, 0.717) is 42.1 Å². The number of aromatic nitrogens is 6. The fourth-order valence-corrected chi connectivity index (χ4v) is 4.54. The SMILES string of the molecule is CCn1c(-c2cnc(C)nc2)nc2c(OC3CCN(C(=O)C4[C@@H](C)[C@@H]4C)C3)ncnc21. The molecule has 0 N–H and O–H groups in total. The molecule has 1 unspecified atom stereocenters. The van der Waals surface area contributed by atoms with Crippen LogP contribution in [0.2, 0.25) is 0 Å². The molecule has 0 bridgehead atoms. The fraction of sp³-hybridized carbons (Fsp3) is 0.545. The summed E-state index contributed by atoms with van der Waals surface area (Å²) in [5.41, 5.74) is 2.16. The molecule has 2 fully saturated rings. The molecule has 1 saturated heterocycles. The first kappa shape index (κ1) is 19.8. The van der Waals surface area contributed by atoms with Crippen molar-refractivity contribution in [3.05, 3.63) is 24.5 Å². The summed E-state index contributed by atoms with van der Waals surface area (Å²) in [7, 11) is 0. The van der Waals surface area contributed by atoms with E-state index in [0.717, 1.165) is 30.0 Å². The number of rotatable bonds is 5. The molecule has 0 aromatic carbocycles. The van der Waals surface area contributed by atoms with Crippen LogP contribution in [-0.2, 0) is 11.3 Å². The minimum absolute atomic E-state index is 0.0932. The van der Waals surface area contributed by atoms with E-state index in [-0.39, 0.29) is 17.9 Å². The van der Waals surface area contributed by atoms with Crippen molar-refractivity contribution in [2.24, 2.45) is 17.8 Å². The van der Waals surface area contributed by atoms with Crippen LogP contribution in [-0.4, -0.2) is 59.5 Å². The molecule has 1 aliphatic heterocycles. The summed E-state index contributed by atoms with van der Waals surface area (Å²) in [6, 6.07) is 0. The molecule has 1 amide bonds. The van der Waals surface area contributed by atoms with Gasteiger partial charge in [-0.05, 0) is 25.7 Å². The third-order valence-corrected chi connectivity index (χ3v) is 6.70. The number of likely N-dealkylation sites (tertiary alicyclic amines) is 1. The fourth-order valence-electron chi connectivity index (χ4n) is 4.54. The first-order chi connectivity index (χ1) is 15.0. The summed E-state index contributed by atoms with van der Waals surface area (Å²) in [6.07, 6.45) is 5.74. The number of amides is 1. The van der Waals surface area contributed by atoms with Crippen LogP contribution in [0.15, 0.2) is 18.7 Å². The Bertz CT molecular complexity index is 1120. The summed E-state index contributed by atoms with van der Waals surface area (Å²) < 4.78 is 8.25. The molecule has 1 saturated carbocycles. The number of fused-ring (bicyclic) bond motifs is 1. The smallest absolute Gasteiger partial charge is 0.245 e. The number of carbonyl (C=O) groups excluding carboxylic acids is 1. The molecule has 9 nitrogen and oxygen atoms in total. The van der Waals surface area contributed by atoms with Gasteiger partial charge in [-0.15, -0.1) is 0 Å². The van der Waals surface area contributed by atoms with Crippen molar-refractivity contribution in [1.82, 2.24) is 34.4 Å². The molecular weight excluding hydrogens is 394 g/mol. The van der Waals surface area contributed by atoms with Crippen LogP contribution in [0.5, 0.6) is 5.88 Å². The average Bonchev–Trinajstić information content (AvgIpc) is 3.14. The van der Waals surface area contributed by atoms with Crippen molar-refractivity contribution in [2.75, 3.05) is 13.1 Å². The van der Waals surface area contributed by atoms with Gasteiger partial charge < -0.3 is 14.2 Å². The number of imidazole rings is 1. The molecule has 3 aromatic heterocycles. The second-order valence-corrected chi connectivity index (χ2v) is 8.61. The number of hydrogen-bond donors (Lipinski definition) is 0. The number of ether oxygens (including phenoxy) is 1. The van der Waals surface area contributed by atoms with Gasteiger partial charge in [0.2, 0.25) is 11.8 Å². The molecule has 9 heteroatoms. The maximum Gasteiger partial charge on any atom is 0.245 e. The molecular formula is C22H27N7O2. The van der Waals surface area contributed by atoms with Gasteiger partial charge in [0.25, 0.3) is 0 Å². The lowest BCUT2D eigenvalue weighted by atomic mass is 10.3. The highest BCUT2D eigenvalue weighted by molar-refractivity contribution is 5.83. The second kappa shape index (κ2) is 7.55. The molecule has 31 heavy (non-hydrogen) atoms. The molecule has 0 radical (unpaired) electrons. The maximum atomic E-state index is 12.7. The van der Waals surface area contributed by atoms with Crippen molar-refractivity contribution in [3.8, 4) is 17.3 Å². The summed E-state index contributed by atoms with van der Waals surface area (Å²) in [5.74, 6) is 3.30. The van der Waals surface area contributed by atoms with Crippen LogP contribution >= 0.6 is 0 Å². The Labute approximate surface area is 180 Å². The van der Waals surface area contributed by atoms with E-state index in [1.54, 1.807) is 12.4 Å². The van der Waals surface area contributed by atoms with Crippen LogP contribution in [0.3, 0.4) is 0 Å². The normalized spacial score (nSPS) is 25.2. The van der Waals surface area contributed by atoms with Gasteiger partial charge >= 0.3 is 0 Å². The van der Waals surface area contributed by atoms with Gasteiger partial charge in [0.15, 0.2) is 11.2 Å². The lowest BCUT2D eigenvalue weighted by Gasteiger charge is -2.17. The van der Waals surface area contributed by atoms with Crippen molar-refractivity contribution >= 4 is 17.1 Å². The largest absolute Gasteiger partial charge is 0.471 e. The highest BCUT2D eigenvalue weighted by Crippen LogP contribution is 2.46. The third-order valence-electron chi connectivity index (χ3n) is 6.70. The molecule has 2 aliphatic rings. The minimum atomic E-state index is -0.0932. The van der Waals surface area contributed by atoms with Crippen LogP contribution in [0.4, 0.5) is 0 Å². The van der Waals surface area contributed by atoms with Crippen molar-refractivity contribution < 1.29 is 9.53 Å². The zero-order chi connectivity index (χ0) is 21.7. The number of carbonyl (C=O) groups is 1. The Balaban J connectivity index is 1.39. The van der Waals surface area contributed by atoms with Crippen molar-refractivity contribution in [2.45, 2.75) is 46.8 Å². The maximum absolute atomic E-state index is 12.7. The summed E-state index contributed by atoms with van der Waals surface area (Å²) in [4.78, 5) is 36.8. The lowest BCUT2D eigenvalue weighted by Crippen LogP contribution is -2.32. The van der Waals surface area contributed by atoms with Gasteiger partial charge in [0.05, 0.1) is 12.1 Å². The van der Waals surface area contributed by atoms with Gasteiger partial charge in [-0.2, -0.15) is 4.98 Å². The quantitative estimate of drug-likeness (QED) is 0.624.